The molecule has 1 fully saturated rings. The van der Waals surface area contributed by atoms with Crippen LogP contribution in [0.1, 0.15) is 24.7 Å². The van der Waals surface area contributed by atoms with Crippen molar-refractivity contribution in [3.8, 4) is 0 Å². The first-order valence-corrected chi connectivity index (χ1v) is 7.27. The smallest absolute Gasteiger partial charge is 0.392 e. The van der Waals surface area contributed by atoms with Gasteiger partial charge in [-0.05, 0) is 19.4 Å². The van der Waals surface area contributed by atoms with Crippen molar-refractivity contribution in [2.24, 2.45) is 11.8 Å². The molecule has 3 rings (SSSR count). The number of nitrogens with zero attached hydrogens (tertiary/aromatic N) is 4. The second-order valence-corrected chi connectivity index (χ2v) is 5.95. The van der Waals surface area contributed by atoms with E-state index in [9.17, 15) is 18.3 Å². The van der Waals surface area contributed by atoms with Gasteiger partial charge in [0.1, 0.15) is 12.2 Å². The monoisotopic (exact) mass is 304 g/mol. The average molecular weight is 304 g/mol. The molecular weight excluding hydrogens is 285 g/mol. The van der Waals surface area contributed by atoms with E-state index in [0.29, 0.717) is 19.6 Å². The molecule has 3 unspecified atom stereocenters. The predicted octanol–water partition coefficient (Wildman–Crippen LogP) is 1.26. The second-order valence-electron chi connectivity index (χ2n) is 5.95. The number of hydrogen-bond donors (Lipinski definition) is 1. The molecule has 1 aromatic heterocycles. The maximum atomic E-state index is 12.9. The van der Waals surface area contributed by atoms with Crippen molar-refractivity contribution in [1.82, 2.24) is 19.7 Å². The molecule has 2 aliphatic rings. The fourth-order valence-electron chi connectivity index (χ4n) is 3.53. The maximum absolute atomic E-state index is 12.9. The van der Waals surface area contributed by atoms with Gasteiger partial charge >= 0.3 is 6.18 Å². The summed E-state index contributed by atoms with van der Waals surface area (Å²) in [5, 5.41) is 13.5. The summed E-state index contributed by atoms with van der Waals surface area (Å²) in [5.41, 5.74) is 0. The zero-order valence-corrected chi connectivity index (χ0v) is 11.6. The molecule has 1 aromatic rings. The van der Waals surface area contributed by atoms with Crippen molar-refractivity contribution in [2.45, 2.75) is 31.5 Å². The van der Waals surface area contributed by atoms with Gasteiger partial charge in [-0.15, -0.1) is 0 Å². The van der Waals surface area contributed by atoms with E-state index in [4.69, 9.17) is 0 Å². The first kappa shape index (κ1) is 14.8. The van der Waals surface area contributed by atoms with Gasteiger partial charge in [0, 0.05) is 32.0 Å². The van der Waals surface area contributed by atoms with Gasteiger partial charge in [0.05, 0.1) is 12.0 Å². The number of piperidine rings is 1. The molecular formula is C13H19F3N4O. The highest BCUT2D eigenvalue weighted by atomic mass is 19.4. The minimum atomic E-state index is -4.22. The van der Waals surface area contributed by atoms with Crippen LogP contribution in [0.4, 0.5) is 13.2 Å². The highest BCUT2D eigenvalue weighted by Gasteiger charge is 2.46. The number of alkyl halides is 3. The Hall–Kier alpha value is -1.15. The van der Waals surface area contributed by atoms with Crippen LogP contribution in [0.15, 0.2) is 6.33 Å². The summed E-state index contributed by atoms with van der Waals surface area (Å²) in [4.78, 5) is 6.18. The molecule has 118 valence electrons. The first-order valence-electron chi connectivity index (χ1n) is 7.27. The lowest BCUT2D eigenvalue weighted by Gasteiger charge is -2.39. The molecule has 3 atom stereocenters. The van der Waals surface area contributed by atoms with Crippen LogP contribution in [0.25, 0.3) is 0 Å². The predicted molar refractivity (Wildman–Crippen MR) is 68.6 cm³/mol. The molecule has 0 spiro atoms. The van der Waals surface area contributed by atoms with Crippen LogP contribution in [-0.2, 0) is 6.42 Å². The number of aliphatic hydroxyl groups is 1. The topological polar surface area (TPSA) is 54.2 Å². The van der Waals surface area contributed by atoms with Gasteiger partial charge in [-0.25, -0.2) is 9.67 Å². The lowest BCUT2D eigenvalue weighted by Crippen LogP contribution is -2.48. The lowest BCUT2D eigenvalue weighted by atomic mass is 9.85. The number of aliphatic hydroxyl groups excluding tert-OH is 1. The van der Waals surface area contributed by atoms with E-state index in [-0.39, 0.29) is 12.5 Å². The summed E-state index contributed by atoms with van der Waals surface area (Å²) in [5.74, 6) is -1.16. The Morgan fingerprint density at radius 1 is 1.33 bits per heavy atom. The Balaban J connectivity index is 1.62. The summed E-state index contributed by atoms with van der Waals surface area (Å²) in [6.45, 7) is 0.972. The number of rotatable bonds is 3. The minimum absolute atomic E-state index is 0.0612. The summed E-state index contributed by atoms with van der Waals surface area (Å²) in [7, 11) is 0. The largest absolute Gasteiger partial charge is 0.396 e. The zero-order chi connectivity index (χ0) is 15.0. The van der Waals surface area contributed by atoms with Gasteiger partial charge < -0.3 is 10.0 Å². The van der Waals surface area contributed by atoms with Crippen LogP contribution in [0.3, 0.4) is 0 Å². The van der Waals surface area contributed by atoms with Gasteiger partial charge in [0.15, 0.2) is 0 Å². The number of likely N-dealkylation sites (tertiary alicyclic amines) is 1. The fourth-order valence-corrected chi connectivity index (χ4v) is 3.53. The van der Waals surface area contributed by atoms with Gasteiger partial charge in [-0.3, -0.25) is 0 Å². The van der Waals surface area contributed by atoms with E-state index in [0.717, 1.165) is 18.7 Å². The Kier molecular flexibility index (Phi) is 3.92. The Morgan fingerprint density at radius 3 is 2.86 bits per heavy atom. The second kappa shape index (κ2) is 5.57. The quantitative estimate of drug-likeness (QED) is 0.913. The first-order chi connectivity index (χ1) is 9.99. The minimum Gasteiger partial charge on any atom is -0.396 e. The molecule has 21 heavy (non-hydrogen) atoms. The van der Waals surface area contributed by atoms with Crippen molar-refractivity contribution in [3.63, 3.8) is 0 Å². The Labute approximate surface area is 120 Å². The van der Waals surface area contributed by atoms with Crippen molar-refractivity contribution < 1.29 is 18.3 Å². The van der Waals surface area contributed by atoms with E-state index in [1.165, 1.54) is 6.33 Å². The summed E-state index contributed by atoms with van der Waals surface area (Å²) >= 11 is 0. The van der Waals surface area contributed by atoms with E-state index >= 15 is 0 Å². The zero-order valence-electron chi connectivity index (χ0n) is 11.6. The van der Waals surface area contributed by atoms with Crippen molar-refractivity contribution in [2.75, 3.05) is 26.2 Å². The number of halogens is 3. The van der Waals surface area contributed by atoms with Gasteiger partial charge in [-0.2, -0.15) is 18.3 Å². The number of hydrogen-bond acceptors (Lipinski definition) is 4. The molecule has 1 N–H and O–H groups in total. The Bertz CT molecular complexity index is 490. The van der Waals surface area contributed by atoms with Gasteiger partial charge in [0.25, 0.3) is 0 Å². The fraction of sp³-hybridized carbons (Fsp3) is 0.846. The molecule has 1 saturated heterocycles. The SMILES string of the molecule is OCC1CN(CC2CCc3ncnn32)CCC1C(F)(F)F. The number of fused-ring (bicyclic) bond motifs is 1. The molecule has 0 bridgehead atoms. The summed E-state index contributed by atoms with van der Waals surface area (Å²) in [6, 6.07) is 0.185. The van der Waals surface area contributed by atoms with Crippen LogP contribution in [0, 0.1) is 11.8 Å². The molecule has 2 aliphatic heterocycles. The molecule has 3 heterocycles. The number of aromatic nitrogens is 3. The molecule has 8 heteroatoms. The third-order valence-corrected chi connectivity index (χ3v) is 4.64. The molecule has 5 nitrogen and oxygen atoms in total. The molecule has 0 saturated carbocycles. The third kappa shape index (κ3) is 2.91. The van der Waals surface area contributed by atoms with Crippen molar-refractivity contribution in [3.05, 3.63) is 12.2 Å². The van der Waals surface area contributed by atoms with Crippen LogP contribution < -0.4 is 0 Å². The van der Waals surface area contributed by atoms with Gasteiger partial charge in [-0.1, -0.05) is 0 Å². The summed E-state index contributed by atoms with van der Waals surface area (Å²) < 4.78 is 40.6. The third-order valence-electron chi connectivity index (χ3n) is 4.64. The molecule has 0 aliphatic carbocycles. The highest BCUT2D eigenvalue weighted by Crippen LogP contribution is 2.38. The molecule has 0 aromatic carbocycles. The van der Waals surface area contributed by atoms with Crippen molar-refractivity contribution >= 4 is 0 Å². The van der Waals surface area contributed by atoms with Crippen LogP contribution in [0.2, 0.25) is 0 Å². The van der Waals surface area contributed by atoms with Gasteiger partial charge in [0.2, 0.25) is 0 Å². The van der Waals surface area contributed by atoms with E-state index in [1.807, 2.05) is 9.58 Å². The Morgan fingerprint density at radius 2 is 2.14 bits per heavy atom. The molecule has 0 radical (unpaired) electrons. The van der Waals surface area contributed by atoms with E-state index in [2.05, 4.69) is 10.1 Å². The van der Waals surface area contributed by atoms with E-state index < -0.39 is 24.6 Å². The number of aryl methyl sites for hydroxylation is 1. The van der Waals surface area contributed by atoms with Crippen LogP contribution >= 0.6 is 0 Å². The average Bonchev–Trinajstić information content (AvgIpc) is 3.02. The molecule has 0 amide bonds. The van der Waals surface area contributed by atoms with Crippen molar-refractivity contribution in [1.29, 1.82) is 0 Å². The lowest BCUT2D eigenvalue weighted by molar-refractivity contribution is -0.204. The maximum Gasteiger partial charge on any atom is 0.392 e. The standard InChI is InChI=1S/C13H19F3N4O/c14-13(15,16)11-3-4-19(5-9(11)7-21)6-10-1-2-12-17-8-18-20(10)12/h8-11,21H,1-7H2. The van der Waals surface area contributed by atoms with E-state index in [1.54, 1.807) is 0 Å². The van der Waals surface area contributed by atoms with Crippen LogP contribution in [-0.4, -0.2) is 57.2 Å². The summed E-state index contributed by atoms with van der Waals surface area (Å²) in [6.07, 6.45) is -0.836. The van der Waals surface area contributed by atoms with Crippen LogP contribution in [0.5, 0.6) is 0 Å². The highest BCUT2D eigenvalue weighted by molar-refractivity contribution is 4.97. The normalized spacial score (nSPS) is 30.6.